The maximum Gasteiger partial charge on any atom is 0.270 e. The number of aromatic nitrogens is 1. The summed E-state index contributed by atoms with van der Waals surface area (Å²) in [5.74, 6) is -0.198. The fourth-order valence-corrected chi connectivity index (χ4v) is 1.80. The molecular weight excluding hydrogens is 296 g/mol. The summed E-state index contributed by atoms with van der Waals surface area (Å²) in [6, 6.07) is 7.12. The Morgan fingerprint density at radius 2 is 2.10 bits per heavy atom. The second kappa shape index (κ2) is 6.19. The molecule has 21 heavy (non-hydrogen) atoms. The lowest BCUT2D eigenvalue weighted by atomic mass is 10.1. The average molecular weight is 307 g/mol. The minimum absolute atomic E-state index is 0.156. The highest BCUT2D eigenvalue weighted by atomic mass is 35.5. The van der Waals surface area contributed by atoms with Gasteiger partial charge < -0.3 is 10.6 Å². The molecule has 0 atom stereocenters. The van der Waals surface area contributed by atoms with Crippen molar-refractivity contribution in [2.75, 3.05) is 17.7 Å². The van der Waals surface area contributed by atoms with Crippen molar-refractivity contribution in [3.05, 3.63) is 57.2 Å². The molecule has 0 radical (unpaired) electrons. The second-order valence-corrected chi connectivity index (χ2v) is 4.49. The number of nitrogens with zero attached hydrogens (tertiary/aromatic N) is 2. The van der Waals surface area contributed by atoms with E-state index in [1.807, 2.05) is 0 Å². The standard InChI is InChI=1S/C13H11ClN4O3/c1-15-11-4-3-9(18(20)21)6-10(11)13(19)17-12-5-2-8(14)7-16-12/h2-7,15H,1H3,(H,16,17,19). The van der Waals surface area contributed by atoms with E-state index < -0.39 is 10.8 Å². The molecule has 0 spiro atoms. The number of non-ortho nitro benzene ring substituents is 1. The monoisotopic (exact) mass is 306 g/mol. The maximum absolute atomic E-state index is 12.2. The van der Waals surface area contributed by atoms with Crippen LogP contribution < -0.4 is 10.6 Å². The second-order valence-electron chi connectivity index (χ2n) is 4.05. The largest absolute Gasteiger partial charge is 0.387 e. The van der Waals surface area contributed by atoms with Crippen LogP contribution in [0.5, 0.6) is 0 Å². The highest BCUT2D eigenvalue weighted by Crippen LogP contribution is 2.23. The number of carbonyl (C=O) groups is 1. The quantitative estimate of drug-likeness (QED) is 0.668. The van der Waals surface area contributed by atoms with E-state index in [1.165, 1.54) is 30.5 Å². The molecule has 1 aromatic heterocycles. The van der Waals surface area contributed by atoms with Gasteiger partial charge in [-0.2, -0.15) is 0 Å². The van der Waals surface area contributed by atoms with Gasteiger partial charge in [0.2, 0.25) is 0 Å². The van der Waals surface area contributed by atoms with Crippen LogP contribution in [0.3, 0.4) is 0 Å². The van der Waals surface area contributed by atoms with Gasteiger partial charge in [-0.3, -0.25) is 14.9 Å². The van der Waals surface area contributed by atoms with E-state index in [2.05, 4.69) is 15.6 Å². The van der Waals surface area contributed by atoms with E-state index in [0.29, 0.717) is 16.5 Å². The van der Waals surface area contributed by atoms with Gasteiger partial charge in [-0.25, -0.2) is 4.98 Å². The summed E-state index contributed by atoms with van der Waals surface area (Å²) in [5.41, 5.74) is 0.471. The zero-order valence-electron chi connectivity index (χ0n) is 11.0. The summed E-state index contributed by atoms with van der Waals surface area (Å²) in [4.78, 5) is 26.4. The van der Waals surface area contributed by atoms with Crippen LogP contribution in [-0.4, -0.2) is 22.9 Å². The van der Waals surface area contributed by atoms with Gasteiger partial charge in [-0.1, -0.05) is 11.6 Å². The Morgan fingerprint density at radius 3 is 2.67 bits per heavy atom. The summed E-state index contributed by atoms with van der Waals surface area (Å²) >= 11 is 5.71. The molecule has 0 aliphatic heterocycles. The highest BCUT2D eigenvalue weighted by molar-refractivity contribution is 6.30. The van der Waals surface area contributed by atoms with Crippen molar-refractivity contribution >= 4 is 34.7 Å². The van der Waals surface area contributed by atoms with Crippen molar-refractivity contribution in [2.24, 2.45) is 0 Å². The van der Waals surface area contributed by atoms with Crippen molar-refractivity contribution in [1.29, 1.82) is 0 Å². The molecule has 2 aromatic rings. The molecule has 0 aliphatic rings. The third-order valence-corrected chi connectivity index (χ3v) is 2.92. The number of hydrogen-bond donors (Lipinski definition) is 2. The summed E-state index contributed by atoms with van der Waals surface area (Å²) < 4.78 is 0. The average Bonchev–Trinajstić information content (AvgIpc) is 2.48. The lowest BCUT2D eigenvalue weighted by Crippen LogP contribution is -2.15. The number of amides is 1. The van der Waals surface area contributed by atoms with Gasteiger partial charge in [0.1, 0.15) is 5.82 Å². The number of nitro benzene ring substituents is 1. The van der Waals surface area contributed by atoms with Gasteiger partial charge in [-0.05, 0) is 18.2 Å². The summed E-state index contributed by atoms with van der Waals surface area (Å²) in [6.45, 7) is 0. The van der Waals surface area contributed by atoms with E-state index in [4.69, 9.17) is 11.6 Å². The number of halogens is 1. The summed E-state index contributed by atoms with van der Waals surface area (Å²) in [7, 11) is 1.62. The van der Waals surface area contributed by atoms with E-state index in [9.17, 15) is 14.9 Å². The number of hydrogen-bond acceptors (Lipinski definition) is 5. The number of carbonyl (C=O) groups excluding carboxylic acids is 1. The number of pyridine rings is 1. The fraction of sp³-hybridized carbons (Fsp3) is 0.0769. The van der Waals surface area contributed by atoms with Crippen LogP contribution in [0.25, 0.3) is 0 Å². The van der Waals surface area contributed by atoms with Gasteiger partial charge in [-0.15, -0.1) is 0 Å². The molecule has 1 heterocycles. The van der Waals surface area contributed by atoms with Crippen molar-refractivity contribution < 1.29 is 9.72 Å². The Hall–Kier alpha value is -2.67. The van der Waals surface area contributed by atoms with Crippen LogP contribution >= 0.6 is 11.6 Å². The molecule has 0 aliphatic carbocycles. The fourth-order valence-electron chi connectivity index (χ4n) is 1.69. The third-order valence-electron chi connectivity index (χ3n) is 2.70. The zero-order valence-corrected chi connectivity index (χ0v) is 11.7. The van der Waals surface area contributed by atoms with Crippen LogP contribution in [0.15, 0.2) is 36.5 Å². The Kier molecular flexibility index (Phi) is 4.34. The number of anilines is 2. The number of rotatable bonds is 4. The van der Waals surface area contributed by atoms with Gasteiger partial charge in [0, 0.05) is 31.1 Å². The first-order valence-electron chi connectivity index (χ1n) is 5.90. The van der Waals surface area contributed by atoms with Crippen LogP contribution in [0.4, 0.5) is 17.2 Å². The molecule has 0 saturated heterocycles. The van der Waals surface area contributed by atoms with Crippen LogP contribution in [0.2, 0.25) is 5.02 Å². The molecule has 8 heteroatoms. The van der Waals surface area contributed by atoms with Gasteiger partial charge in [0.25, 0.3) is 11.6 Å². The van der Waals surface area contributed by atoms with E-state index in [-0.39, 0.29) is 11.3 Å². The van der Waals surface area contributed by atoms with Crippen LogP contribution in [-0.2, 0) is 0 Å². The van der Waals surface area contributed by atoms with Crippen LogP contribution in [0, 0.1) is 10.1 Å². The van der Waals surface area contributed by atoms with Crippen molar-refractivity contribution in [2.45, 2.75) is 0 Å². The third kappa shape index (κ3) is 3.46. The first kappa shape index (κ1) is 14.7. The minimum Gasteiger partial charge on any atom is -0.387 e. The topological polar surface area (TPSA) is 97.2 Å². The van der Waals surface area contributed by atoms with Crippen molar-refractivity contribution in [3.8, 4) is 0 Å². The molecule has 1 aromatic carbocycles. The zero-order chi connectivity index (χ0) is 15.4. The van der Waals surface area contributed by atoms with E-state index in [0.717, 1.165) is 0 Å². The Morgan fingerprint density at radius 1 is 1.33 bits per heavy atom. The number of nitrogens with one attached hydrogen (secondary N) is 2. The number of nitro groups is 1. The first-order chi connectivity index (χ1) is 10.0. The lowest BCUT2D eigenvalue weighted by molar-refractivity contribution is -0.384. The van der Waals surface area contributed by atoms with E-state index >= 15 is 0 Å². The minimum atomic E-state index is -0.559. The molecule has 0 bridgehead atoms. The lowest BCUT2D eigenvalue weighted by Gasteiger charge is -2.09. The predicted octanol–water partition coefficient (Wildman–Crippen LogP) is 2.94. The molecule has 7 nitrogen and oxygen atoms in total. The van der Waals surface area contributed by atoms with Gasteiger partial charge in [0.05, 0.1) is 15.5 Å². The first-order valence-corrected chi connectivity index (χ1v) is 6.28. The maximum atomic E-state index is 12.2. The Bertz CT molecular complexity index is 688. The summed E-state index contributed by atoms with van der Waals surface area (Å²) in [6.07, 6.45) is 1.39. The number of benzene rings is 1. The normalized spacial score (nSPS) is 10.0. The molecule has 0 unspecified atom stereocenters. The van der Waals surface area contributed by atoms with Crippen LogP contribution in [0.1, 0.15) is 10.4 Å². The molecular formula is C13H11ClN4O3. The van der Waals surface area contributed by atoms with E-state index in [1.54, 1.807) is 13.1 Å². The molecule has 2 N–H and O–H groups in total. The Labute approximate surface area is 125 Å². The molecule has 108 valence electrons. The smallest absolute Gasteiger partial charge is 0.270 e. The van der Waals surface area contributed by atoms with Gasteiger partial charge in [0.15, 0.2) is 0 Å². The Balaban J connectivity index is 2.30. The van der Waals surface area contributed by atoms with Crippen molar-refractivity contribution in [3.63, 3.8) is 0 Å². The van der Waals surface area contributed by atoms with Gasteiger partial charge >= 0.3 is 0 Å². The highest BCUT2D eigenvalue weighted by Gasteiger charge is 2.16. The molecule has 0 saturated carbocycles. The van der Waals surface area contributed by atoms with Crippen molar-refractivity contribution in [1.82, 2.24) is 4.98 Å². The SMILES string of the molecule is CNc1ccc([N+](=O)[O-])cc1C(=O)Nc1ccc(Cl)cn1. The molecule has 2 rings (SSSR count). The summed E-state index contributed by atoms with van der Waals surface area (Å²) in [5, 5.41) is 16.6. The molecule has 1 amide bonds. The molecule has 0 fully saturated rings. The predicted molar refractivity (Wildman–Crippen MR) is 79.8 cm³/mol.